The predicted octanol–water partition coefficient (Wildman–Crippen LogP) is 3.87. The topological polar surface area (TPSA) is 123 Å². The molecule has 8 nitrogen and oxygen atoms in total. The summed E-state index contributed by atoms with van der Waals surface area (Å²) >= 11 is 0. The summed E-state index contributed by atoms with van der Waals surface area (Å²) < 4.78 is 0. The second-order valence-corrected chi connectivity index (χ2v) is 8.21. The zero-order valence-electron chi connectivity index (χ0n) is 18.6. The highest BCUT2D eigenvalue weighted by Crippen LogP contribution is 2.29. The molecule has 1 fully saturated rings. The van der Waals surface area contributed by atoms with E-state index in [2.05, 4.69) is 16.7 Å². The Bertz CT molecular complexity index is 1050. The first-order valence-corrected chi connectivity index (χ1v) is 11.0. The van der Waals surface area contributed by atoms with Gasteiger partial charge in [0.25, 0.3) is 5.91 Å². The number of carbonyl (C=O) groups excluding carboxylic acids is 2. The number of amides is 3. The number of hydrogen-bond donors (Lipinski definition) is 3. The minimum absolute atomic E-state index is 0.00877. The van der Waals surface area contributed by atoms with E-state index in [0.29, 0.717) is 42.2 Å². The molecule has 1 aliphatic heterocycles. The largest absolute Gasteiger partial charge is 0.481 e. The summed E-state index contributed by atoms with van der Waals surface area (Å²) in [6.45, 7) is 3.38. The number of nitriles is 1. The number of anilines is 1. The van der Waals surface area contributed by atoms with Gasteiger partial charge in [-0.15, -0.1) is 0 Å². The van der Waals surface area contributed by atoms with Crippen LogP contribution in [0.15, 0.2) is 42.5 Å². The van der Waals surface area contributed by atoms with E-state index in [1.807, 2.05) is 36.1 Å². The summed E-state index contributed by atoms with van der Waals surface area (Å²) in [6, 6.07) is 14.6. The fourth-order valence-corrected chi connectivity index (χ4v) is 3.93. The maximum Gasteiger partial charge on any atom is 0.319 e. The van der Waals surface area contributed by atoms with Gasteiger partial charge in [-0.3, -0.25) is 9.59 Å². The molecule has 0 unspecified atom stereocenters. The first-order chi connectivity index (χ1) is 15.9. The summed E-state index contributed by atoms with van der Waals surface area (Å²) in [5.41, 5.74) is 3.72. The monoisotopic (exact) mass is 448 g/mol. The molecule has 0 bridgehead atoms. The average Bonchev–Trinajstić information content (AvgIpc) is 2.83. The molecule has 172 valence electrons. The van der Waals surface area contributed by atoms with Crippen LogP contribution in [0.25, 0.3) is 0 Å². The number of hydrogen-bond acceptors (Lipinski definition) is 4. The van der Waals surface area contributed by atoms with Gasteiger partial charge in [-0.25, -0.2) is 4.79 Å². The van der Waals surface area contributed by atoms with E-state index < -0.39 is 12.0 Å². The summed E-state index contributed by atoms with van der Waals surface area (Å²) in [5.74, 6) is -0.611. The smallest absolute Gasteiger partial charge is 0.319 e. The van der Waals surface area contributed by atoms with Crippen LogP contribution in [-0.2, 0) is 4.79 Å². The fourth-order valence-electron chi connectivity index (χ4n) is 3.93. The standard InChI is InChI=1S/C25H28N4O4/c1-17-4-7-21(15-22(17)28-25(33)27-12-2-3-23(30)31)24(32)29-13-10-20(11-14-29)19-8-5-18(16-26)6-9-19/h4-9,15,20H,2-3,10-14H2,1H3,(H,30,31)(H2,27,28,33). The second kappa shape index (κ2) is 11.1. The van der Waals surface area contributed by atoms with Gasteiger partial charge in [-0.05, 0) is 67.5 Å². The fraction of sp³-hybridized carbons (Fsp3) is 0.360. The van der Waals surface area contributed by atoms with Crippen molar-refractivity contribution in [3.63, 3.8) is 0 Å². The predicted molar refractivity (Wildman–Crippen MR) is 124 cm³/mol. The summed E-state index contributed by atoms with van der Waals surface area (Å²) in [5, 5.41) is 23.0. The Kier molecular flexibility index (Phi) is 8.03. The van der Waals surface area contributed by atoms with Gasteiger partial charge in [0.15, 0.2) is 0 Å². The zero-order chi connectivity index (χ0) is 23.8. The number of nitrogens with one attached hydrogen (secondary N) is 2. The van der Waals surface area contributed by atoms with Crippen LogP contribution >= 0.6 is 0 Å². The molecule has 3 N–H and O–H groups in total. The number of carboxylic acids is 1. The van der Waals surface area contributed by atoms with Crippen molar-refractivity contribution in [3.8, 4) is 6.07 Å². The molecule has 0 aromatic heterocycles. The van der Waals surface area contributed by atoms with Crippen molar-refractivity contribution in [2.75, 3.05) is 25.0 Å². The van der Waals surface area contributed by atoms with Crippen molar-refractivity contribution in [2.45, 2.75) is 38.5 Å². The Balaban J connectivity index is 1.56. The van der Waals surface area contributed by atoms with E-state index in [0.717, 1.165) is 18.4 Å². The van der Waals surface area contributed by atoms with Gasteiger partial charge >= 0.3 is 12.0 Å². The first-order valence-electron chi connectivity index (χ1n) is 11.0. The van der Waals surface area contributed by atoms with E-state index in [9.17, 15) is 14.4 Å². The third kappa shape index (κ3) is 6.56. The molecule has 1 aliphatic rings. The summed E-state index contributed by atoms with van der Waals surface area (Å²) in [7, 11) is 0. The molecular formula is C25H28N4O4. The van der Waals surface area contributed by atoms with E-state index >= 15 is 0 Å². The van der Waals surface area contributed by atoms with Crippen LogP contribution in [0.2, 0.25) is 0 Å². The molecular weight excluding hydrogens is 420 g/mol. The van der Waals surface area contributed by atoms with Crippen LogP contribution in [-0.4, -0.2) is 47.5 Å². The molecule has 1 saturated heterocycles. The number of aryl methyl sites for hydroxylation is 1. The van der Waals surface area contributed by atoms with Gasteiger partial charge in [-0.2, -0.15) is 5.26 Å². The molecule has 0 aliphatic carbocycles. The molecule has 3 amide bonds. The number of benzene rings is 2. The number of rotatable bonds is 7. The molecule has 33 heavy (non-hydrogen) atoms. The number of piperidine rings is 1. The van der Waals surface area contributed by atoms with Gasteiger partial charge in [0.2, 0.25) is 0 Å². The molecule has 2 aromatic carbocycles. The number of carboxylic acid groups (broad SMARTS) is 1. The van der Waals surface area contributed by atoms with Gasteiger partial charge in [-0.1, -0.05) is 18.2 Å². The van der Waals surface area contributed by atoms with Crippen LogP contribution in [0.3, 0.4) is 0 Å². The molecule has 0 spiro atoms. The van der Waals surface area contributed by atoms with E-state index in [4.69, 9.17) is 10.4 Å². The maximum atomic E-state index is 13.1. The van der Waals surface area contributed by atoms with E-state index in [-0.39, 0.29) is 18.9 Å². The lowest BCUT2D eigenvalue weighted by molar-refractivity contribution is -0.137. The third-order valence-corrected chi connectivity index (χ3v) is 5.88. The molecule has 0 atom stereocenters. The molecule has 8 heteroatoms. The lowest BCUT2D eigenvalue weighted by atomic mass is 9.89. The van der Waals surface area contributed by atoms with Crippen LogP contribution in [0.1, 0.15) is 58.6 Å². The minimum Gasteiger partial charge on any atom is -0.481 e. The average molecular weight is 449 g/mol. The Labute approximate surface area is 193 Å². The number of urea groups is 1. The molecule has 0 radical (unpaired) electrons. The zero-order valence-corrected chi connectivity index (χ0v) is 18.6. The van der Waals surface area contributed by atoms with Gasteiger partial charge in [0, 0.05) is 37.3 Å². The van der Waals surface area contributed by atoms with E-state index in [1.165, 1.54) is 5.56 Å². The SMILES string of the molecule is Cc1ccc(C(=O)N2CCC(c3ccc(C#N)cc3)CC2)cc1NC(=O)NCCCC(=O)O. The van der Waals surface area contributed by atoms with Crippen molar-refractivity contribution in [1.29, 1.82) is 5.26 Å². The summed E-state index contributed by atoms with van der Waals surface area (Å²) in [4.78, 5) is 37.6. The molecule has 0 saturated carbocycles. The van der Waals surface area contributed by atoms with Crippen molar-refractivity contribution in [3.05, 3.63) is 64.7 Å². The van der Waals surface area contributed by atoms with Crippen LogP contribution < -0.4 is 10.6 Å². The maximum absolute atomic E-state index is 13.1. The van der Waals surface area contributed by atoms with Gasteiger partial charge < -0.3 is 20.6 Å². The second-order valence-electron chi connectivity index (χ2n) is 8.21. The van der Waals surface area contributed by atoms with Crippen molar-refractivity contribution in [2.24, 2.45) is 0 Å². The van der Waals surface area contributed by atoms with Crippen LogP contribution in [0.4, 0.5) is 10.5 Å². The highest BCUT2D eigenvalue weighted by molar-refractivity contribution is 5.97. The number of carbonyl (C=O) groups is 3. The Morgan fingerprint density at radius 2 is 1.82 bits per heavy atom. The molecule has 1 heterocycles. The quantitative estimate of drug-likeness (QED) is 0.555. The van der Waals surface area contributed by atoms with E-state index in [1.54, 1.807) is 18.2 Å². The van der Waals surface area contributed by atoms with Crippen molar-refractivity contribution in [1.82, 2.24) is 10.2 Å². The lowest BCUT2D eigenvalue weighted by Crippen LogP contribution is -2.38. The highest BCUT2D eigenvalue weighted by atomic mass is 16.4. The Morgan fingerprint density at radius 1 is 1.12 bits per heavy atom. The first kappa shape index (κ1) is 23.8. The minimum atomic E-state index is -0.903. The van der Waals surface area contributed by atoms with Crippen molar-refractivity contribution < 1.29 is 19.5 Å². The Morgan fingerprint density at radius 3 is 2.45 bits per heavy atom. The highest BCUT2D eigenvalue weighted by Gasteiger charge is 2.25. The Hall–Kier alpha value is -3.86. The third-order valence-electron chi connectivity index (χ3n) is 5.88. The molecule has 3 rings (SSSR count). The van der Waals surface area contributed by atoms with Gasteiger partial charge in [0.1, 0.15) is 0 Å². The summed E-state index contributed by atoms with van der Waals surface area (Å²) in [6.07, 6.45) is 2.05. The lowest BCUT2D eigenvalue weighted by Gasteiger charge is -2.32. The number of likely N-dealkylation sites (tertiary alicyclic amines) is 1. The van der Waals surface area contributed by atoms with Gasteiger partial charge in [0.05, 0.1) is 11.6 Å². The van der Waals surface area contributed by atoms with Crippen LogP contribution in [0.5, 0.6) is 0 Å². The normalized spacial score (nSPS) is 13.8. The number of aliphatic carboxylic acids is 1. The molecule has 2 aromatic rings. The number of nitrogens with zero attached hydrogens (tertiary/aromatic N) is 2. The van der Waals surface area contributed by atoms with Crippen molar-refractivity contribution >= 4 is 23.6 Å². The van der Waals surface area contributed by atoms with Crippen LogP contribution in [0, 0.1) is 18.3 Å².